The van der Waals surface area contributed by atoms with E-state index in [2.05, 4.69) is 31.2 Å². The van der Waals surface area contributed by atoms with Crippen LogP contribution in [0, 0.1) is 24.7 Å². The molecule has 21 heavy (non-hydrogen) atoms. The molecule has 2 saturated carbocycles. The van der Waals surface area contributed by atoms with Gasteiger partial charge in [-0.1, -0.05) is 42.8 Å². The number of carbonyl (C=O) groups is 1. The highest BCUT2D eigenvalue weighted by molar-refractivity contribution is 6.08. The lowest BCUT2D eigenvalue weighted by atomic mass is 9.83. The smallest absolute Gasteiger partial charge is 0.163 e. The highest BCUT2D eigenvalue weighted by Crippen LogP contribution is 2.49. The molecule has 0 aromatic heterocycles. The summed E-state index contributed by atoms with van der Waals surface area (Å²) in [6.45, 7) is 2.12. The van der Waals surface area contributed by atoms with Gasteiger partial charge in [-0.05, 0) is 60.3 Å². The van der Waals surface area contributed by atoms with Crippen molar-refractivity contribution in [1.82, 2.24) is 0 Å². The van der Waals surface area contributed by atoms with Crippen molar-refractivity contribution in [3.8, 4) is 0 Å². The summed E-state index contributed by atoms with van der Waals surface area (Å²) < 4.78 is 0. The van der Waals surface area contributed by atoms with E-state index in [1.807, 2.05) is 12.1 Å². The van der Waals surface area contributed by atoms with Crippen molar-refractivity contribution in [2.75, 3.05) is 0 Å². The van der Waals surface area contributed by atoms with Gasteiger partial charge < -0.3 is 0 Å². The monoisotopic (exact) mass is 278 g/mol. The van der Waals surface area contributed by atoms with Crippen LogP contribution in [0.15, 0.2) is 36.4 Å². The summed E-state index contributed by atoms with van der Waals surface area (Å²) in [5.74, 6) is 2.75. The Morgan fingerprint density at radius 1 is 1.05 bits per heavy atom. The first-order valence-electron chi connectivity index (χ1n) is 8.24. The van der Waals surface area contributed by atoms with Crippen LogP contribution in [-0.4, -0.2) is 5.78 Å². The van der Waals surface area contributed by atoms with E-state index in [9.17, 15) is 4.79 Å². The molecule has 0 N–H and O–H groups in total. The molecule has 0 spiro atoms. The number of aryl methyl sites for hydroxylation is 1. The molecule has 1 heteroatoms. The molecule has 2 fully saturated rings. The number of Topliss-reactive ketones (excluding diaryl/α,β-unsaturated/α-hetero) is 1. The second-order valence-corrected chi connectivity index (χ2v) is 7.04. The summed E-state index contributed by atoms with van der Waals surface area (Å²) in [7, 11) is 0. The molecule has 0 saturated heterocycles. The highest BCUT2D eigenvalue weighted by atomic mass is 16.1. The lowest BCUT2D eigenvalue weighted by Crippen LogP contribution is -2.15. The molecule has 2 aliphatic rings. The number of fused-ring (bicyclic) bond motifs is 3. The molecule has 0 heterocycles. The van der Waals surface area contributed by atoms with E-state index in [1.165, 1.54) is 36.6 Å². The maximum Gasteiger partial charge on any atom is 0.163 e. The third-order valence-electron chi connectivity index (χ3n) is 5.77. The molecule has 3 unspecified atom stereocenters. The van der Waals surface area contributed by atoms with Crippen molar-refractivity contribution < 1.29 is 4.79 Å². The van der Waals surface area contributed by atoms with Gasteiger partial charge in [-0.2, -0.15) is 0 Å². The highest BCUT2D eigenvalue weighted by Gasteiger charge is 2.40. The first-order chi connectivity index (χ1) is 10.2. The minimum atomic E-state index is 0.351. The molecular weight excluding hydrogens is 256 g/mol. The Labute approximate surface area is 126 Å². The van der Waals surface area contributed by atoms with E-state index < -0.39 is 0 Å². The molecule has 1 nitrogen and oxygen atoms in total. The fourth-order valence-corrected chi connectivity index (χ4v) is 4.67. The Bertz CT molecular complexity index is 700. The number of hydrogen-bond acceptors (Lipinski definition) is 1. The lowest BCUT2D eigenvalue weighted by molar-refractivity contribution is 0.0946. The van der Waals surface area contributed by atoms with Gasteiger partial charge in [-0.3, -0.25) is 4.79 Å². The van der Waals surface area contributed by atoms with Gasteiger partial charge in [-0.15, -0.1) is 0 Å². The standard InChI is InChI=1S/C20H22O/c1-13-6-9-19(18-5-3-2-4-17(13)18)20(21)12-16-11-14-7-8-15(16)10-14/h2-6,9,14-16H,7-8,10-12H2,1H3. The van der Waals surface area contributed by atoms with E-state index in [-0.39, 0.29) is 0 Å². The number of rotatable bonds is 3. The summed E-state index contributed by atoms with van der Waals surface area (Å²) >= 11 is 0. The maximum atomic E-state index is 12.8. The van der Waals surface area contributed by atoms with Crippen LogP contribution in [0.3, 0.4) is 0 Å². The predicted octanol–water partition coefficient (Wildman–Crippen LogP) is 5.16. The number of benzene rings is 2. The minimum Gasteiger partial charge on any atom is -0.294 e. The van der Waals surface area contributed by atoms with E-state index in [4.69, 9.17) is 0 Å². The topological polar surface area (TPSA) is 17.1 Å². The zero-order valence-corrected chi connectivity index (χ0v) is 12.6. The fourth-order valence-electron chi connectivity index (χ4n) is 4.67. The first-order valence-corrected chi connectivity index (χ1v) is 8.24. The molecule has 0 radical (unpaired) electrons. The van der Waals surface area contributed by atoms with Crippen LogP contribution in [-0.2, 0) is 0 Å². The minimum absolute atomic E-state index is 0.351. The summed E-state index contributed by atoms with van der Waals surface area (Å²) in [5.41, 5.74) is 2.18. The molecule has 3 atom stereocenters. The molecule has 108 valence electrons. The Kier molecular flexibility index (Phi) is 3.10. The molecule has 4 rings (SSSR count). The van der Waals surface area contributed by atoms with Gasteiger partial charge in [0.05, 0.1) is 0 Å². The van der Waals surface area contributed by atoms with Gasteiger partial charge in [0.1, 0.15) is 0 Å². The van der Waals surface area contributed by atoms with Crippen LogP contribution < -0.4 is 0 Å². The van der Waals surface area contributed by atoms with Crippen molar-refractivity contribution in [3.05, 3.63) is 47.5 Å². The largest absolute Gasteiger partial charge is 0.294 e. The fraction of sp³-hybridized carbons (Fsp3) is 0.450. The van der Waals surface area contributed by atoms with Gasteiger partial charge in [0, 0.05) is 12.0 Å². The van der Waals surface area contributed by atoms with Crippen molar-refractivity contribution in [3.63, 3.8) is 0 Å². The number of ketones is 1. The first kappa shape index (κ1) is 13.1. The Balaban J connectivity index is 1.64. The molecular formula is C20H22O. The zero-order chi connectivity index (χ0) is 14.4. The van der Waals surface area contributed by atoms with Crippen molar-refractivity contribution in [2.45, 2.75) is 39.0 Å². The van der Waals surface area contributed by atoms with Gasteiger partial charge in [0.25, 0.3) is 0 Å². The maximum absolute atomic E-state index is 12.8. The van der Waals surface area contributed by atoms with Crippen LogP contribution in [0.1, 0.15) is 48.0 Å². The second-order valence-electron chi connectivity index (χ2n) is 7.04. The van der Waals surface area contributed by atoms with Crippen molar-refractivity contribution >= 4 is 16.6 Å². The van der Waals surface area contributed by atoms with Gasteiger partial charge in [-0.25, -0.2) is 0 Å². The van der Waals surface area contributed by atoms with Crippen molar-refractivity contribution in [2.24, 2.45) is 17.8 Å². The molecule has 2 aromatic carbocycles. The normalized spacial score (nSPS) is 27.4. The van der Waals surface area contributed by atoms with Crippen molar-refractivity contribution in [1.29, 1.82) is 0 Å². The second kappa shape index (κ2) is 4.98. The van der Waals surface area contributed by atoms with Crippen LogP contribution in [0.4, 0.5) is 0 Å². The average molecular weight is 278 g/mol. The third-order valence-corrected chi connectivity index (χ3v) is 5.77. The van der Waals surface area contributed by atoms with E-state index in [0.717, 1.165) is 29.2 Å². The SMILES string of the molecule is Cc1ccc(C(=O)CC2CC3CCC2C3)c2ccccc12. The Hall–Kier alpha value is -1.63. The van der Waals surface area contributed by atoms with Crippen LogP contribution in [0.2, 0.25) is 0 Å². The van der Waals surface area contributed by atoms with Gasteiger partial charge in [0.15, 0.2) is 5.78 Å². The Morgan fingerprint density at radius 3 is 2.57 bits per heavy atom. The summed E-state index contributed by atoms with van der Waals surface area (Å²) in [6, 6.07) is 12.4. The summed E-state index contributed by atoms with van der Waals surface area (Å²) in [5, 5.41) is 2.35. The van der Waals surface area contributed by atoms with E-state index in [1.54, 1.807) is 0 Å². The van der Waals surface area contributed by atoms with E-state index in [0.29, 0.717) is 11.7 Å². The van der Waals surface area contributed by atoms with Crippen LogP contribution in [0.5, 0.6) is 0 Å². The average Bonchev–Trinajstić information content (AvgIpc) is 3.10. The lowest BCUT2D eigenvalue weighted by Gasteiger charge is -2.21. The number of hydrogen-bond donors (Lipinski definition) is 0. The summed E-state index contributed by atoms with van der Waals surface area (Å²) in [6.07, 6.45) is 6.20. The molecule has 2 aromatic rings. The van der Waals surface area contributed by atoms with E-state index >= 15 is 0 Å². The van der Waals surface area contributed by atoms with Crippen LogP contribution >= 0.6 is 0 Å². The number of carbonyl (C=O) groups excluding carboxylic acids is 1. The quantitative estimate of drug-likeness (QED) is 0.709. The molecule has 2 bridgehead atoms. The van der Waals surface area contributed by atoms with Gasteiger partial charge in [0.2, 0.25) is 0 Å². The summed E-state index contributed by atoms with van der Waals surface area (Å²) in [4.78, 5) is 12.8. The molecule has 0 aliphatic heterocycles. The zero-order valence-electron chi connectivity index (χ0n) is 12.6. The predicted molar refractivity (Wildman–Crippen MR) is 86.6 cm³/mol. The third kappa shape index (κ3) is 2.19. The molecule has 2 aliphatic carbocycles. The van der Waals surface area contributed by atoms with Gasteiger partial charge >= 0.3 is 0 Å². The Morgan fingerprint density at radius 2 is 1.86 bits per heavy atom. The molecule has 0 amide bonds. The van der Waals surface area contributed by atoms with Crippen LogP contribution in [0.25, 0.3) is 10.8 Å².